The molecule has 166 valence electrons. The average Bonchev–Trinajstić information content (AvgIpc) is 3.29. The van der Waals surface area contributed by atoms with Crippen LogP contribution in [0.1, 0.15) is 54.2 Å². The number of aromatic nitrogens is 1. The fraction of sp³-hybridized carbons (Fsp3) is 0.200. The summed E-state index contributed by atoms with van der Waals surface area (Å²) >= 11 is 1.38. The van der Waals surface area contributed by atoms with E-state index in [1.54, 1.807) is 36.4 Å². The SMILES string of the molecule is COC(=O)c1ccc([C@H]2c3c(oc4ccc(C)cc4c3=O)C(=O)N2c2nc(C)c(C)s2)cc1. The van der Waals surface area contributed by atoms with Gasteiger partial charge in [-0.15, -0.1) is 11.3 Å². The first-order chi connectivity index (χ1) is 15.8. The van der Waals surface area contributed by atoms with E-state index in [1.165, 1.54) is 23.3 Å². The average molecular weight is 461 g/mol. The second-order valence-electron chi connectivity index (χ2n) is 8.00. The van der Waals surface area contributed by atoms with Gasteiger partial charge in [-0.2, -0.15) is 0 Å². The van der Waals surface area contributed by atoms with Crippen molar-refractivity contribution in [2.24, 2.45) is 0 Å². The summed E-state index contributed by atoms with van der Waals surface area (Å²) in [7, 11) is 1.31. The lowest BCUT2D eigenvalue weighted by molar-refractivity contribution is 0.0600. The Hall–Kier alpha value is -3.78. The maximum atomic E-state index is 13.6. The third-order valence-electron chi connectivity index (χ3n) is 5.90. The molecule has 1 atom stereocenters. The minimum absolute atomic E-state index is 0.0175. The number of ether oxygens (including phenoxy) is 1. The van der Waals surface area contributed by atoms with E-state index in [9.17, 15) is 14.4 Å². The number of methoxy groups -OCH3 is 1. The van der Waals surface area contributed by atoms with Gasteiger partial charge in [-0.05, 0) is 50.6 Å². The van der Waals surface area contributed by atoms with E-state index in [1.807, 2.05) is 26.8 Å². The molecule has 0 N–H and O–H groups in total. The van der Waals surface area contributed by atoms with Gasteiger partial charge in [0.1, 0.15) is 5.58 Å². The molecule has 8 heteroatoms. The molecule has 0 unspecified atom stereocenters. The van der Waals surface area contributed by atoms with E-state index < -0.39 is 17.9 Å². The summed E-state index contributed by atoms with van der Waals surface area (Å²) in [5.74, 6) is -0.863. The Kier molecular flexibility index (Phi) is 4.90. The van der Waals surface area contributed by atoms with Crippen LogP contribution in [-0.2, 0) is 4.74 Å². The molecule has 1 amide bonds. The summed E-state index contributed by atoms with van der Waals surface area (Å²) in [6.45, 7) is 5.71. The first-order valence-corrected chi connectivity index (χ1v) is 11.1. The van der Waals surface area contributed by atoms with Crippen molar-refractivity contribution < 1.29 is 18.7 Å². The van der Waals surface area contributed by atoms with Crippen molar-refractivity contribution >= 4 is 39.3 Å². The van der Waals surface area contributed by atoms with Crippen molar-refractivity contribution in [3.63, 3.8) is 0 Å². The van der Waals surface area contributed by atoms with Gasteiger partial charge in [-0.3, -0.25) is 14.5 Å². The second kappa shape index (κ2) is 7.67. The van der Waals surface area contributed by atoms with Crippen LogP contribution in [0, 0.1) is 20.8 Å². The molecule has 33 heavy (non-hydrogen) atoms. The Bertz CT molecular complexity index is 1480. The van der Waals surface area contributed by atoms with Crippen LogP contribution < -0.4 is 10.3 Å². The molecule has 0 saturated heterocycles. The molecule has 3 heterocycles. The lowest BCUT2D eigenvalue weighted by Crippen LogP contribution is -2.29. The Morgan fingerprint density at radius 1 is 1.09 bits per heavy atom. The van der Waals surface area contributed by atoms with Gasteiger partial charge in [0.25, 0.3) is 5.91 Å². The zero-order chi connectivity index (χ0) is 23.4. The third kappa shape index (κ3) is 3.25. The smallest absolute Gasteiger partial charge is 0.337 e. The molecule has 4 aromatic rings. The molecule has 0 bridgehead atoms. The van der Waals surface area contributed by atoms with Crippen molar-refractivity contribution in [1.82, 2.24) is 4.98 Å². The van der Waals surface area contributed by atoms with Gasteiger partial charge in [-0.25, -0.2) is 9.78 Å². The summed E-state index contributed by atoms with van der Waals surface area (Å²) in [5, 5.41) is 0.911. The zero-order valence-electron chi connectivity index (χ0n) is 18.5. The van der Waals surface area contributed by atoms with Gasteiger partial charge in [0, 0.05) is 4.88 Å². The number of hydrogen-bond donors (Lipinski definition) is 0. The van der Waals surface area contributed by atoms with Crippen molar-refractivity contribution in [3.8, 4) is 0 Å². The highest BCUT2D eigenvalue weighted by Gasteiger charge is 2.45. The zero-order valence-corrected chi connectivity index (χ0v) is 19.3. The number of rotatable bonds is 3. The van der Waals surface area contributed by atoms with E-state index in [2.05, 4.69) is 4.98 Å². The predicted octanol–water partition coefficient (Wildman–Crippen LogP) is 4.71. The second-order valence-corrected chi connectivity index (χ2v) is 9.18. The van der Waals surface area contributed by atoms with Gasteiger partial charge in [0.05, 0.1) is 35.4 Å². The largest absolute Gasteiger partial charge is 0.465 e. The number of fused-ring (bicyclic) bond motifs is 2. The van der Waals surface area contributed by atoms with E-state index in [0.717, 1.165) is 16.1 Å². The van der Waals surface area contributed by atoms with Crippen LogP contribution in [0.25, 0.3) is 11.0 Å². The fourth-order valence-electron chi connectivity index (χ4n) is 4.08. The number of carbonyl (C=O) groups excluding carboxylic acids is 2. The normalized spacial score (nSPS) is 15.2. The minimum atomic E-state index is -0.731. The molecule has 2 aromatic heterocycles. The van der Waals surface area contributed by atoms with Gasteiger partial charge in [0.15, 0.2) is 10.6 Å². The molecular weight excluding hydrogens is 440 g/mol. The molecule has 7 nitrogen and oxygen atoms in total. The molecule has 0 aliphatic carbocycles. The highest BCUT2D eigenvalue weighted by atomic mass is 32.1. The molecule has 0 radical (unpaired) electrons. The Labute approximate surface area is 193 Å². The van der Waals surface area contributed by atoms with Crippen molar-refractivity contribution in [3.05, 3.63) is 91.3 Å². The first kappa shape index (κ1) is 21.1. The van der Waals surface area contributed by atoms with Crippen LogP contribution in [-0.4, -0.2) is 24.0 Å². The summed E-state index contributed by atoms with van der Waals surface area (Å²) in [6.07, 6.45) is 0. The van der Waals surface area contributed by atoms with Crippen molar-refractivity contribution in [1.29, 1.82) is 0 Å². The molecule has 0 spiro atoms. The van der Waals surface area contributed by atoms with Gasteiger partial charge in [-0.1, -0.05) is 23.8 Å². The van der Waals surface area contributed by atoms with E-state index in [4.69, 9.17) is 9.15 Å². The van der Waals surface area contributed by atoms with Crippen LogP contribution >= 0.6 is 11.3 Å². The summed E-state index contributed by atoms with van der Waals surface area (Å²) in [6, 6.07) is 11.3. The number of carbonyl (C=O) groups is 2. The van der Waals surface area contributed by atoms with Crippen LogP contribution in [0.5, 0.6) is 0 Å². The number of hydrogen-bond acceptors (Lipinski definition) is 7. The molecule has 0 saturated carbocycles. The molecule has 5 rings (SSSR count). The van der Waals surface area contributed by atoms with E-state index in [0.29, 0.717) is 27.2 Å². The lowest BCUT2D eigenvalue weighted by atomic mass is 9.97. The quantitative estimate of drug-likeness (QED) is 0.411. The van der Waals surface area contributed by atoms with Gasteiger partial charge >= 0.3 is 5.97 Å². The fourth-order valence-corrected chi connectivity index (χ4v) is 5.01. The summed E-state index contributed by atoms with van der Waals surface area (Å²) < 4.78 is 10.8. The molecular formula is C25H20N2O5S. The number of anilines is 1. The highest BCUT2D eigenvalue weighted by molar-refractivity contribution is 7.15. The first-order valence-electron chi connectivity index (χ1n) is 10.3. The van der Waals surface area contributed by atoms with Crippen LogP contribution in [0.4, 0.5) is 5.13 Å². The van der Waals surface area contributed by atoms with Crippen LogP contribution in [0.3, 0.4) is 0 Å². The molecule has 1 aliphatic heterocycles. The van der Waals surface area contributed by atoms with Crippen LogP contribution in [0.15, 0.2) is 51.7 Å². The monoisotopic (exact) mass is 460 g/mol. The maximum Gasteiger partial charge on any atom is 0.337 e. The van der Waals surface area contributed by atoms with E-state index >= 15 is 0 Å². The van der Waals surface area contributed by atoms with Crippen molar-refractivity contribution in [2.45, 2.75) is 26.8 Å². The number of thiazole rings is 1. The highest BCUT2D eigenvalue weighted by Crippen LogP contribution is 2.43. The topological polar surface area (TPSA) is 89.7 Å². The van der Waals surface area contributed by atoms with Gasteiger partial charge < -0.3 is 9.15 Å². The van der Waals surface area contributed by atoms with Crippen LogP contribution in [0.2, 0.25) is 0 Å². The Balaban J connectivity index is 1.77. The maximum absolute atomic E-state index is 13.6. The molecule has 0 fully saturated rings. The lowest BCUT2D eigenvalue weighted by Gasteiger charge is -2.22. The number of amides is 1. The number of nitrogens with zero attached hydrogens (tertiary/aromatic N) is 2. The third-order valence-corrected chi connectivity index (χ3v) is 6.97. The number of benzene rings is 2. The summed E-state index contributed by atoms with van der Waals surface area (Å²) in [4.78, 5) is 46.2. The molecule has 1 aliphatic rings. The summed E-state index contributed by atoms with van der Waals surface area (Å²) in [5.41, 5.74) is 3.16. The van der Waals surface area contributed by atoms with Gasteiger partial charge in [0.2, 0.25) is 5.76 Å². The van der Waals surface area contributed by atoms with E-state index in [-0.39, 0.29) is 16.8 Å². The minimum Gasteiger partial charge on any atom is -0.465 e. The molecule has 2 aromatic carbocycles. The number of esters is 1. The standard InChI is InChI=1S/C25H20N2O5S/c1-12-5-10-18-17(11-12)21(28)19-20(15-6-8-16(9-7-15)24(30)31-4)27(23(29)22(19)32-18)25-26-13(2)14(3)33-25/h5-11,20H,1-4H3/t20-/m0/s1. The number of aryl methyl sites for hydroxylation is 3. The Morgan fingerprint density at radius 2 is 1.82 bits per heavy atom. The van der Waals surface area contributed by atoms with Crippen molar-refractivity contribution in [2.75, 3.05) is 12.0 Å². The predicted molar refractivity (Wildman–Crippen MR) is 125 cm³/mol. The Morgan fingerprint density at radius 3 is 2.45 bits per heavy atom.